The minimum atomic E-state index is 0.834. The Balaban J connectivity index is 2.37. The molecule has 0 atom stereocenters. The molecule has 3 heteroatoms. The predicted molar refractivity (Wildman–Crippen MR) is 63.5 cm³/mol. The monoisotopic (exact) mass is 220 g/mol. The summed E-state index contributed by atoms with van der Waals surface area (Å²) in [5, 5.41) is 5.51. The Morgan fingerprint density at radius 1 is 1.33 bits per heavy atom. The Hall–Kier alpha value is -0.990. The summed E-state index contributed by atoms with van der Waals surface area (Å²) in [4.78, 5) is 3.49. The van der Waals surface area contributed by atoms with Gasteiger partial charge in [0.15, 0.2) is 0 Å². The normalized spacial score (nSPS) is 15.6. The zero-order valence-electron chi connectivity index (χ0n) is 8.65. The first-order chi connectivity index (χ1) is 7.25. The van der Waals surface area contributed by atoms with Gasteiger partial charge >= 0.3 is 0 Å². The zero-order chi connectivity index (χ0) is 10.4. The lowest BCUT2D eigenvalue weighted by Gasteiger charge is -2.12. The van der Waals surface area contributed by atoms with E-state index in [2.05, 4.69) is 23.3 Å². The highest BCUT2D eigenvalue weighted by Gasteiger charge is 2.16. The number of H-pyrrole nitrogens is 1. The molecule has 15 heavy (non-hydrogen) atoms. The van der Waals surface area contributed by atoms with Crippen molar-refractivity contribution in [1.29, 1.82) is 0 Å². The summed E-state index contributed by atoms with van der Waals surface area (Å²) < 4.78 is 0. The van der Waals surface area contributed by atoms with Crippen molar-refractivity contribution in [1.82, 2.24) is 10.3 Å². The first-order valence-electron chi connectivity index (χ1n) is 5.26. The van der Waals surface area contributed by atoms with Gasteiger partial charge in [0.2, 0.25) is 0 Å². The highest BCUT2D eigenvalue weighted by atomic mass is 35.5. The van der Waals surface area contributed by atoms with Crippen molar-refractivity contribution in [3.8, 4) is 0 Å². The molecule has 0 bridgehead atoms. The Kier molecular flexibility index (Phi) is 2.01. The van der Waals surface area contributed by atoms with Gasteiger partial charge in [-0.1, -0.05) is 11.6 Å². The average molecular weight is 221 g/mol. The second-order valence-electron chi connectivity index (χ2n) is 4.15. The SMILES string of the molecule is Cc1cc(Cl)cc2c3c([nH]c12)CNCC3. The molecule has 0 saturated carbocycles. The minimum absolute atomic E-state index is 0.834. The average Bonchev–Trinajstić information content (AvgIpc) is 2.57. The maximum Gasteiger partial charge on any atom is 0.0490 e. The smallest absolute Gasteiger partial charge is 0.0490 e. The van der Waals surface area contributed by atoms with Gasteiger partial charge in [-0.05, 0) is 43.1 Å². The molecule has 1 aromatic carbocycles. The number of aromatic amines is 1. The molecule has 0 unspecified atom stereocenters. The number of aryl methyl sites for hydroxylation is 1. The topological polar surface area (TPSA) is 27.8 Å². The van der Waals surface area contributed by atoms with Gasteiger partial charge in [-0.15, -0.1) is 0 Å². The highest BCUT2D eigenvalue weighted by Crippen LogP contribution is 2.29. The molecule has 0 saturated heterocycles. The highest BCUT2D eigenvalue weighted by molar-refractivity contribution is 6.31. The van der Waals surface area contributed by atoms with Crippen LogP contribution in [0.3, 0.4) is 0 Å². The van der Waals surface area contributed by atoms with Gasteiger partial charge < -0.3 is 10.3 Å². The van der Waals surface area contributed by atoms with Gasteiger partial charge in [0.1, 0.15) is 0 Å². The number of halogens is 1. The predicted octanol–water partition coefficient (Wildman–Crippen LogP) is 2.78. The first kappa shape index (κ1) is 9.25. The quantitative estimate of drug-likeness (QED) is 0.702. The van der Waals surface area contributed by atoms with E-state index in [1.54, 1.807) is 0 Å². The maximum absolute atomic E-state index is 6.09. The summed E-state index contributed by atoms with van der Waals surface area (Å²) in [5.74, 6) is 0. The third kappa shape index (κ3) is 1.36. The van der Waals surface area contributed by atoms with Gasteiger partial charge in [0.05, 0.1) is 0 Å². The lowest BCUT2D eigenvalue weighted by Crippen LogP contribution is -2.22. The largest absolute Gasteiger partial charge is 0.357 e. The van der Waals surface area contributed by atoms with Crippen LogP contribution in [0.5, 0.6) is 0 Å². The number of hydrogen-bond acceptors (Lipinski definition) is 1. The summed E-state index contributed by atoms with van der Waals surface area (Å²) in [7, 11) is 0. The second-order valence-corrected chi connectivity index (χ2v) is 4.59. The van der Waals surface area contributed by atoms with Crippen LogP contribution in [0, 0.1) is 6.92 Å². The fraction of sp³-hybridized carbons (Fsp3) is 0.333. The van der Waals surface area contributed by atoms with E-state index in [1.807, 2.05) is 6.07 Å². The molecule has 3 rings (SSSR count). The second kappa shape index (κ2) is 3.26. The molecule has 1 aromatic heterocycles. The maximum atomic E-state index is 6.09. The molecule has 0 radical (unpaired) electrons. The fourth-order valence-corrected chi connectivity index (χ4v) is 2.67. The Bertz CT molecular complexity index is 528. The van der Waals surface area contributed by atoms with Crippen LogP contribution in [-0.4, -0.2) is 11.5 Å². The number of rotatable bonds is 0. The third-order valence-electron chi connectivity index (χ3n) is 3.12. The Labute approximate surface area is 93.6 Å². The number of nitrogens with one attached hydrogen (secondary N) is 2. The summed E-state index contributed by atoms with van der Waals surface area (Å²) in [6.45, 7) is 4.11. The van der Waals surface area contributed by atoms with E-state index >= 15 is 0 Å². The summed E-state index contributed by atoms with van der Waals surface area (Å²) >= 11 is 6.09. The minimum Gasteiger partial charge on any atom is -0.357 e. The van der Waals surface area contributed by atoms with Gasteiger partial charge in [0, 0.05) is 28.2 Å². The van der Waals surface area contributed by atoms with E-state index in [0.29, 0.717) is 0 Å². The summed E-state index contributed by atoms with van der Waals surface area (Å²) in [6.07, 6.45) is 1.09. The molecule has 2 aromatic rings. The van der Waals surface area contributed by atoms with Crippen molar-refractivity contribution in [2.24, 2.45) is 0 Å². The molecule has 0 fully saturated rings. The van der Waals surface area contributed by atoms with Crippen LogP contribution >= 0.6 is 11.6 Å². The number of aromatic nitrogens is 1. The van der Waals surface area contributed by atoms with E-state index in [4.69, 9.17) is 11.6 Å². The van der Waals surface area contributed by atoms with E-state index in [0.717, 1.165) is 24.5 Å². The Morgan fingerprint density at radius 2 is 2.20 bits per heavy atom. The molecule has 1 aliphatic rings. The van der Waals surface area contributed by atoms with Crippen LogP contribution < -0.4 is 5.32 Å². The third-order valence-corrected chi connectivity index (χ3v) is 3.34. The molecule has 2 heterocycles. The fourth-order valence-electron chi connectivity index (χ4n) is 2.40. The molecule has 0 spiro atoms. The zero-order valence-corrected chi connectivity index (χ0v) is 9.41. The Morgan fingerprint density at radius 3 is 3.07 bits per heavy atom. The van der Waals surface area contributed by atoms with E-state index in [9.17, 15) is 0 Å². The molecule has 1 aliphatic heterocycles. The molecule has 2 N–H and O–H groups in total. The standard InChI is InChI=1S/C12H13ClN2/c1-7-4-8(13)5-10-9-2-3-14-6-11(9)15-12(7)10/h4-5,14-15H,2-3,6H2,1H3. The first-order valence-corrected chi connectivity index (χ1v) is 5.64. The van der Waals surface area contributed by atoms with Crippen molar-refractivity contribution in [3.63, 3.8) is 0 Å². The molecular formula is C12H13ClN2. The van der Waals surface area contributed by atoms with Crippen LogP contribution in [-0.2, 0) is 13.0 Å². The molecule has 78 valence electrons. The lowest BCUT2D eigenvalue weighted by molar-refractivity contribution is 0.637. The van der Waals surface area contributed by atoms with Gasteiger partial charge in [0.25, 0.3) is 0 Å². The van der Waals surface area contributed by atoms with Gasteiger partial charge in [-0.3, -0.25) is 0 Å². The van der Waals surface area contributed by atoms with Crippen molar-refractivity contribution < 1.29 is 0 Å². The lowest BCUT2D eigenvalue weighted by atomic mass is 10.0. The van der Waals surface area contributed by atoms with Crippen LogP contribution in [0.4, 0.5) is 0 Å². The van der Waals surface area contributed by atoms with E-state index < -0.39 is 0 Å². The number of benzene rings is 1. The summed E-state index contributed by atoms with van der Waals surface area (Å²) in [6, 6.07) is 4.09. The van der Waals surface area contributed by atoms with Crippen LogP contribution in [0.1, 0.15) is 16.8 Å². The summed E-state index contributed by atoms with van der Waals surface area (Å²) in [5.41, 5.74) is 5.23. The molecule has 0 aliphatic carbocycles. The van der Waals surface area contributed by atoms with Crippen LogP contribution in [0.25, 0.3) is 10.9 Å². The molecule has 0 amide bonds. The van der Waals surface area contributed by atoms with Crippen molar-refractivity contribution in [2.45, 2.75) is 19.9 Å². The van der Waals surface area contributed by atoms with E-state index in [-0.39, 0.29) is 0 Å². The van der Waals surface area contributed by atoms with Crippen molar-refractivity contribution in [2.75, 3.05) is 6.54 Å². The molecule has 2 nitrogen and oxygen atoms in total. The number of hydrogen-bond donors (Lipinski definition) is 2. The van der Waals surface area contributed by atoms with E-state index in [1.165, 1.54) is 27.7 Å². The van der Waals surface area contributed by atoms with Crippen molar-refractivity contribution >= 4 is 22.5 Å². The van der Waals surface area contributed by atoms with Crippen LogP contribution in [0.2, 0.25) is 5.02 Å². The van der Waals surface area contributed by atoms with Crippen LogP contribution in [0.15, 0.2) is 12.1 Å². The van der Waals surface area contributed by atoms with Gasteiger partial charge in [-0.2, -0.15) is 0 Å². The molecular weight excluding hydrogens is 208 g/mol. The van der Waals surface area contributed by atoms with Gasteiger partial charge in [-0.25, -0.2) is 0 Å². The van der Waals surface area contributed by atoms with Crippen molar-refractivity contribution in [3.05, 3.63) is 34.0 Å². The number of fused-ring (bicyclic) bond motifs is 3.